The summed E-state index contributed by atoms with van der Waals surface area (Å²) < 4.78 is 11.4. The number of ether oxygens (including phenoxy) is 2. The molecule has 0 N–H and O–H groups in total. The minimum absolute atomic E-state index is 0.0647. The molecule has 2 heterocycles. The predicted molar refractivity (Wildman–Crippen MR) is 80.4 cm³/mol. The lowest BCUT2D eigenvalue weighted by atomic mass is 9.87. The number of hydrogen-bond donors (Lipinski definition) is 0. The van der Waals surface area contributed by atoms with Crippen LogP contribution in [0.3, 0.4) is 0 Å². The minimum Gasteiger partial charge on any atom is -0.379 e. The molecule has 1 unspecified atom stereocenters. The Morgan fingerprint density at radius 3 is 2.52 bits per heavy atom. The molecule has 21 heavy (non-hydrogen) atoms. The SMILES string of the molecule is COC1COC2(CCN(C(=O)c3ccc(C)cc3)CC2)C1. The van der Waals surface area contributed by atoms with Crippen LogP contribution < -0.4 is 0 Å². The molecule has 1 atom stereocenters. The Kier molecular flexibility index (Phi) is 4.00. The predicted octanol–water partition coefficient (Wildman–Crippen LogP) is 2.41. The maximum Gasteiger partial charge on any atom is 0.253 e. The van der Waals surface area contributed by atoms with Gasteiger partial charge in [-0.3, -0.25) is 4.79 Å². The van der Waals surface area contributed by atoms with E-state index in [1.807, 2.05) is 36.1 Å². The second-order valence-electron chi connectivity index (χ2n) is 6.21. The second-order valence-corrected chi connectivity index (χ2v) is 6.21. The monoisotopic (exact) mass is 289 g/mol. The molecular weight excluding hydrogens is 266 g/mol. The summed E-state index contributed by atoms with van der Waals surface area (Å²) in [6.45, 7) is 4.25. The van der Waals surface area contributed by atoms with E-state index in [1.165, 1.54) is 5.56 Å². The van der Waals surface area contributed by atoms with E-state index in [1.54, 1.807) is 7.11 Å². The number of likely N-dealkylation sites (tertiary alicyclic amines) is 1. The zero-order valence-electron chi connectivity index (χ0n) is 12.8. The topological polar surface area (TPSA) is 38.8 Å². The van der Waals surface area contributed by atoms with Gasteiger partial charge in [-0.2, -0.15) is 0 Å². The van der Waals surface area contributed by atoms with Gasteiger partial charge in [-0.05, 0) is 31.9 Å². The number of piperidine rings is 1. The third-order valence-electron chi connectivity index (χ3n) is 4.77. The van der Waals surface area contributed by atoms with Gasteiger partial charge < -0.3 is 14.4 Å². The van der Waals surface area contributed by atoms with Gasteiger partial charge in [0.25, 0.3) is 5.91 Å². The molecule has 4 heteroatoms. The van der Waals surface area contributed by atoms with Crippen molar-refractivity contribution in [3.63, 3.8) is 0 Å². The number of carbonyl (C=O) groups excluding carboxylic acids is 1. The lowest BCUT2D eigenvalue weighted by Crippen LogP contribution is -2.46. The highest BCUT2D eigenvalue weighted by Gasteiger charge is 2.43. The fourth-order valence-electron chi connectivity index (χ4n) is 3.30. The zero-order valence-corrected chi connectivity index (χ0v) is 12.8. The molecule has 3 rings (SSSR count). The van der Waals surface area contributed by atoms with Crippen molar-refractivity contribution in [3.05, 3.63) is 35.4 Å². The van der Waals surface area contributed by atoms with Crippen LogP contribution in [0.1, 0.15) is 35.2 Å². The van der Waals surface area contributed by atoms with Gasteiger partial charge in [0.1, 0.15) is 0 Å². The molecule has 1 aromatic rings. The number of benzene rings is 1. The molecule has 0 saturated carbocycles. The molecule has 2 fully saturated rings. The van der Waals surface area contributed by atoms with E-state index in [9.17, 15) is 4.79 Å². The lowest BCUT2D eigenvalue weighted by Gasteiger charge is -2.38. The number of nitrogens with zero attached hydrogens (tertiary/aromatic N) is 1. The van der Waals surface area contributed by atoms with E-state index in [0.717, 1.165) is 37.9 Å². The molecule has 0 bridgehead atoms. The summed E-state index contributed by atoms with van der Waals surface area (Å²) >= 11 is 0. The van der Waals surface area contributed by atoms with Crippen molar-refractivity contribution in [1.29, 1.82) is 0 Å². The highest BCUT2D eigenvalue weighted by molar-refractivity contribution is 5.94. The number of methoxy groups -OCH3 is 1. The Balaban J connectivity index is 1.61. The highest BCUT2D eigenvalue weighted by Crippen LogP contribution is 2.37. The van der Waals surface area contributed by atoms with Crippen LogP contribution in [0.2, 0.25) is 0 Å². The van der Waals surface area contributed by atoms with Crippen LogP contribution in [-0.4, -0.2) is 49.3 Å². The molecular formula is C17H23NO3. The van der Waals surface area contributed by atoms with Crippen LogP contribution in [0.4, 0.5) is 0 Å². The largest absolute Gasteiger partial charge is 0.379 e. The van der Waals surface area contributed by atoms with Crippen LogP contribution in [0.15, 0.2) is 24.3 Å². The fraction of sp³-hybridized carbons (Fsp3) is 0.588. The Labute approximate surface area is 126 Å². The van der Waals surface area contributed by atoms with E-state index >= 15 is 0 Å². The summed E-state index contributed by atoms with van der Waals surface area (Å²) in [7, 11) is 1.74. The smallest absolute Gasteiger partial charge is 0.253 e. The summed E-state index contributed by atoms with van der Waals surface area (Å²) in [4.78, 5) is 14.4. The van der Waals surface area contributed by atoms with E-state index in [4.69, 9.17) is 9.47 Å². The summed E-state index contributed by atoms with van der Waals surface area (Å²) in [6.07, 6.45) is 2.98. The Hall–Kier alpha value is -1.39. The van der Waals surface area contributed by atoms with Crippen molar-refractivity contribution >= 4 is 5.91 Å². The zero-order chi connectivity index (χ0) is 14.9. The van der Waals surface area contributed by atoms with Crippen molar-refractivity contribution in [2.45, 2.75) is 37.9 Å². The normalized spacial score (nSPS) is 24.5. The third kappa shape index (κ3) is 2.97. The number of carbonyl (C=O) groups is 1. The fourth-order valence-corrected chi connectivity index (χ4v) is 3.30. The van der Waals surface area contributed by atoms with Crippen molar-refractivity contribution in [2.24, 2.45) is 0 Å². The minimum atomic E-state index is -0.0647. The average Bonchev–Trinajstić information content (AvgIpc) is 2.91. The van der Waals surface area contributed by atoms with Crippen molar-refractivity contribution in [1.82, 2.24) is 4.90 Å². The summed E-state index contributed by atoms with van der Waals surface area (Å²) in [5.74, 6) is 0.131. The Bertz CT molecular complexity index is 503. The summed E-state index contributed by atoms with van der Waals surface area (Å²) in [5.41, 5.74) is 1.89. The first-order chi connectivity index (χ1) is 10.1. The van der Waals surface area contributed by atoms with E-state index < -0.39 is 0 Å². The third-order valence-corrected chi connectivity index (χ3v) is 4.77. The molecule has 2 aliphatic rings. The standard InChI is InChI=1S/C17H23NO3/c1-13-3-5-14(6-4-13)16(19)18-9-7-17(8-10-18)11-15(20-2)12-21-17/h3-6,15H,7-12H2,1-2H3. The van der Waals surface area contributed by atoms with Crippen LogP contribution in [0, 0.1) is 6.92 Å². The molecule has 4 nitrogen and oxygen atoms in total. The first kappa shape index (κ1) is 14.5. The molecule has 0 aliphatic carbocycles. The van der Waals surface area contributed by atoms with Crippen LogP contribution >= 0.6 is 0 Å². The molecule has 1 aromatic carbocycles. The number of hydrogen-bond acceptors (Lipinski definition) is 3. The van der Waals surface area contributed by atoms with Crippen LogP contribution in [-0.2, 0) is 9.47 Å². The van der Waals surface area contributed by atoms with Crippen molar-refractivity contribution in [2.75, 3.05) is 26.8 Å². The average molecular weight is 289 g/mol. The van der Waals surface area contributed by atoms with Gasteiger partial charge >= 0.3 is 0 Å². The molecule has 0 radical (unpaired) electrons. The van der Waals surface area contributed by atoms with Gasteiger partial charge in [0.15, 0.2) is 0 Å². The summed E-state index contributed by atoms with van der Waals surface area (Å²) in [5, 5.41) is 0. The number of amides is 1. The van der Waals surface area contributed by atoms with Gasteiger partial charge in [-0.1, -0.05) is 17.7 Å². The number of aryl methyl sites for hydroxylation is 1. The molecule has 2 aliphatic heterocycles. The quantitative estimate of drug-likeness (QED) is 0.839. The first-order valence-corrected chi connectivity index (χ1v) is 7.65. The highest BCUT2D eigenvalue weighted by atomic mass is 16.6. The molecule has 1 spiro atoms. The van der Waals surface area contributed by atoms with Crippen molar-refractivity contribution in [3.8, 4) is 0 Å². The lowest BCUT2D eigenvalue weighted by molar-refractivity contribution is -0.0402. The molecule has 114 valence electrons. The van der Waals surface area contributed by atoms with Crippen LogP contribution in [0.25, 0.3) is 0 Å². The molecule has 0 aromatic heterocycles. The Morgan fingerprint density at radius 1 is 1.29 bits per heavy atom. The molecule has 2 saturated heterocycles. The van der Waals surface area contributed by atoms with Crippen LogP contribution in [0.5, 0.6) is 0 Å². The Morgan fingerprint density at radius 2 is 1.95 bits per heavy atom. The number of rotatable bonds is 2. The van der Waals surface area contributed by atoms with Gasteiger partial charge in [-0.15, -0.1) is 0 Å². The van der Waals surface area contributed by atoms with Gasteiger partial charge in [0.2, 0.25) is 0 Å². The van der Waals surface area contributed by atoms with Gasteiger partial charge in [0.05, 0.1) is 18.3 Å². The maximum atomic E-state index is 12.5. The first-order valence-electron chi connectivity index (χ1n) is 7.65. The maximum absolute atomic E-state index is 12.5. The van der Waals surface area contributed by atoms with Gasteiger partial charge in [-0.25, -0.2) is 0 Å². The second kappa shape index (κ2) is 5.78. The summed E-state index contributed by atoms with van der Waals surface area (Å²) in [6, 6.07) is 7.80. The van der Waals surface area contributed by atoms with E-state index in [2.05, 4.69) is 0 Å². The van der Waals surface area contributed by atoms with E-state index in [0.29, 0.717) is 6.61 Å². The molecule has 1 amide bonds. The van der Waals surface area contributed by atoms with Crippen molar-refractivity contribution < 1.29 is 14.3 Å². The van der Waals surface area contributed by atoms with Gasteiger partial charge in [0, 0.05) is 32.2 Å². The van der Waals surface area contributed by atoms with E-state index in [-0.39, 0.29) is 17.6 Å².